The van der Waals surface area contributed by atoms with Gasteiger partial charge in [-0.05, 0) is 70.8 Å². The van der Waals surface area contributed by atoms with Crippen molar-refractivity contribution < 1.29 is 35.6 Å². The first-order chi connectivity index (χ1) is 24.0. The van der Waals surface area contributed by atoms with Crippen LogP contribution < -0.4 is 27.6 Å². The summed E-state index contributed by atoms with van der Waals surface area (Å²) >= 11 is 0. The number of fused-ring (bicyclic) bond motifs is 2. The number of amides is 1. The minimum Gasteiger partial charge on any atom is -1.00 e. The molecule has 6 rings (SSSR count). The topological polar surface area (TPSA) is 159 Å². The van der Waals surface area contributed by atoms with Crippen LogP contribution >= 0.6 is 0 Å². The van der Waals surface area contributed by atoms with E-state index in [-0.39, 0.29) is 28.6 Å². The number of likely N-dealkylation sites (N-methyl/N-ethyl adjacent to an activating group) is 1. The van der Waals surface area contributed by atoms with E-state index in [1.165, 1.54) is 24.5 Å². The lowest BCUT2D eigenvalue weighted by atomic mass is 10.2. The van der Waals surface area contributed by atoms with Gasteiger partial charge in [0.25, 0.3) is 5.82 Å². The number of imidazole rings is 1. The van der Waals surface area contributed by atoms with Crippen molar-refractivity contribution in [3.63, 3.8) is 0 Å². The number of pyridine rings is 1. The minimum atomic E-state index is -0.506. The average Bonchev–Trinajstić information content (AvgIpc) is 3.60. The molecule has 4 heterocycles. The zero-order valence-corrected chi connectivity index (χ0v) is 29.7. The number of carbonyl (C=O) groups is 1. The molecule has 0 bridgehead atoms. The fraction of sp³-hybridized carbons (Fsp3) is 0.200. The Morgan fingerprint density at radius 3 is 2.71 bits per heavy atom. The molecule has 4 aromatic heterocycles. The van der Waals surface area contributed by atoms with Crippen LogP contribution in [0.3, 0.4) is 0 Å². The molecule has 0 aliphatic heterocycles. The molecule has 1 amide bonds. The number of quaternary nitrogens is 1. The molecule has 0 atom stereocenters. The second-order valence-corrected chi connectivity index (χ2v) is 12.2. The zero-order valence-electron chi connectivity index (χ0n) is 28.1. The maximum Gasteiger partial charge on any atom is 0.392 e. The van der Waals surface area contributed by atoms with E-state index < -0.39 is 10.8 Å². The van der Waals surface area contributed by atoms with Crippen LogP contribution in [0, 0.1) is 27.8 Å². The van der Waals surface area contributed by atoms with E-state index in [1.54, 1.807) is 49.1 Å². The van der Waals surface area contributed by atoms with E-state index in [2.05, 4.69) is 47.5 Å². The highest BCUT2D eigenvalue weighted by Crippen LogP contribution is 2.27. The highest BCUT2D eigenvalue weighted by atomic mass is 79.9. The van der Waals surface area contributed by atoms with Crippen LogP contribution in [0.1, 0.15) is 24.0 Å². The molecule has 14 nitrogen and oxygen atoms in total. The number of aromatic nitrogens is 7. The highest BCUT2D eigenvalue weighted by molar-refractivity contribution is 6.00. The summed E-state index contributed by atoms with van der Waals surface area (Å²) in [7, 11) is 5.51. The fourth-order valence-corrected chi connectivity index (χ4v) is 5.51. The van der Waals surface area contributed by atoms with E-state index in [1.807, 2.05) is 43.0 Å². The number of nitrogens with zero attached hydrogens (tertiary/aromatic N) is 9. The molecule has 2 N–H and O–H groups in total. The van der Waals surface area contributed by atoms with Gasteiger partial charge in [0, 0.05) is 29.6 Å². The molecule has 0 unspecified atom stereocenters. The molecular weight excluding hydrogens is 721 g/mol. The smallest absolute Gasteiger partial charge is 0.392 e. The summed E-state index contributed by atoms with van der Waals surface area (Å²) in [5.41, 5.74) is 3.49. The standard InChI is InChI=1S/C35H32FN11O3.BrH/c1-5-8-32-43-35(46(49)50)30(44(32)2)21-47(3,4)14-7-11-33(48)42-31-17-27-28(19-37-31)38-22-39-34(27)41-26-12-13-29-24(16-26)18-40-45(29)20-23-9-6-10-25(36)15-23;/h6-7,9-13,15-19,22H,14,20-21H2,1-4H3,(H-,37,38,39,41,42,48);1H/b11-7+;. The van der Waals surface area contributed by atoms with Crippen LogP contribution in [-0.2, 0) is 24.9 Å². The monoisotopic (exact) mass is 753 g/mol. The van der Waals surface area contributed by atoms with Crippen molar-refractivity contribution in [1.82, 2.24) is 34.3 Å². The van der Waals surface area contributed by atoms with Crippen molar-refractivity contribution >= 4 is 50.9 Å². The molecule has 0 saturated heterocycles. The normalized spacial score (nSPS) is 11.3. The Morgan fingerprint density at radius 1 is 1.12 bits per heavy atom. The molecule has 260 valence electrons. The molecule has 0 fully saturated rings. The third-order valence-corrected chi connectivity index (χ3v) is 7.95. The van der Waals surface area contributed by atoms with Crippen molar-refractivity contribution in [1.29, 1.82) is 0 Å². The predicted octanol–water partition coefficient (Wildman–Crippen LogP) is 2.09. The van der Waals surface area contributed by atoms with E-state index >= 15 is 0 Å². The van der Waals surface area contributed by atoms with E-state index in [9.17, 15) is 19.3 Å². The molecule has 0 radical (unpaired) electrons. The molecule has 0 spiro atoms. The Balaban J connectivity index is 0.00000504. The number of hydrogen-bond acceptors (Lipinski definition) is 9. The number of hydrogen-bond donors (Lipinski definition) is 2. The number of benzene rings is 2. The lowest BCUT2D eigenvalue weighted by molar-refractivity contribution is -0.898. The van der Waals surface area contributed by atoms with Crippen LogP contribution in [0.25, 0.3) is 21.8 Å². The highest BCUT2D eigenvalue weighted by Gasteiger charge is 2.30. The summed E-state index contributed by atoms with van der Waals surface area (Å²) < 4.78 is 17.4. The zero-order chi connectivity index (χ0) is 35.4. The van der Waals surface area contributed by atoms with Gasteiger partial charge in [-0.3, -0.25) is 14.0 Å². The van der Waals surface area contributed by atoms with E-state index in [4.69, 9.17) is 0 Å². The Labute approximate surface area is 302 Å². The lowest BCUT2D eigenvalue weighted by Crippen LogP contribution is -3.00. The van der Waals surface area contributed by atoms with Crippen LogP contribution in [0.15, 0.2) is 79.4 Å². The second-order valence-electron chi connectivity index (χ2n) is 12.2. The molecule has 51 heavy (non-hydrogen) atoms. The molecule has 16 heteroatoms. The van der Waals surface area contributed by atoms with Crippen LogP contribution in [0.5, 0.6) is 0 Å². The van der Waals surface area contributed by atoms with E-state index in [0.717, 1.165) is 22.2 Å². The van der Waals surface area contributed by atoms with E-state index in [0.29, 0.717) is 58.2 Å². The van der Waals surface area contributed by atoms with Crippen molar-refractivity contribution in [3.8, 4) is 11.8 Å². The molecule has 0 aliphatic rings. The van der Waals surface area contributed by atoms with Crippen molar-refractivity contribution in [2.24, 2.45) is 7.05 Å². The SMILES string of the molecule is CC#Cc1nc([N+](=O)[O-])c(C[N+](C)(C)C/C=C/C(=O)Nc2cc3c(Nc4ccc5c(cnn5Cc5cccc(F)c5)c4)ncnc3cn2)n1C.[Br-]. The summed E-state index contributed by atoms with van der Waals surface area (Å²) in [6.07, 6.45) is 7.85. The third-order valence-electron chi connectivity index (χ3n) is 7.95. The molecule has 0 saturated carbocycles. The van der Waals surface area contributed by atoms with Gasteiger partial charge < -0.3 is 42.2 Å². The van der Waals surface area contributed by atoms with Gasteiger partial charge in [-0.1, -0.05) is 18.1 Å². The van der Waals surface area contributed by atoms with Gasteiger partial charge >= 0.3 is 5.82 Å². The number of nitro groups is 1. The first kappa shape index (κ1) is 36.2. The summed E-state index contributed by atoms with van der Waals surface area (Å²) in [4.78, 5) is 41.1. The Kier molecular flexibility index (Phi) is 10.8. The van der Waals surface area contributed by atoms with Gasteiger partial charge in [-0.25, -0.2) is 19.3 Å². The number of rotatable bonds is 11. The maximum absolute atomic E-state index is 13.7. The van der Waals surface area contributed by atoms with Crippen molar-refractivity contribution in [2.45, 2.75) is 20.0 Å². The third kappa shape index (κ3) is 8.40. The molecular formula is C35H33BrFN11O3. The van der Waals surface area contributed by atoms with Gasteiger partial charge in [-0.2, -0.15) is 5.10 Å². The quantitative estimate of drug-likeness (QED) is 0.0665. The van der Waals surface area contributed by atoms with Crippen LogP contribution in [-0.4, -0.2) is 70.2 Å². The first-order valence-corrected chi connectivity index (χ1v) is 15.5. The average molecular weight is 755 g/mol. The predicted molar refractivity (Wildman–Crippen MR) is 187 cm³/mol. The summed E-state index contributed by atoms with van der Waals surface area (Å²) in [6.45, 7) is 2.78. The number of carbonyl (C=O) groups excluding carboxylic acids is 1. The molecule has 0 aliphatic carbocycles. The number of anilines is 3. The summed E-state index contributed by atoms with van der Waals surface area (Å²) in [5.74, 6) is 5.76. The maximum atomic E-state index is 13.7. The van der Waals surface area contributed by atoms with Gasteiger partial charge in [0.05, 0.1) is 50.6 Å². The van der Waals surface area contributed by atoms with Gasteiger partial charge in [-0.15, -0.1) is 0 Å². The second kappa shape index (κ2) is 15.2. The first-order valence-electron chi connectivity index (χ1n) is 15.5. The lowest BCUT2D eigenvalue weighted by Gasteiger charge is -2.28. The van der Waals surface area contributed by atoms with Crippen molar-refractivity contribution in [3.05, 3.63) is 112 Å². The van der Waals surface area contributed by atoms with Gasteiger partial charge in [0.1, 0.15) is 30.3 Å². The van der Waals surface area contributed by atoms with Crippen LogP contribution in [0.4, 0.5) is 27.5 Å². The number of halogens is 2. The fourth-order valence-electron chi connectivity index (χ4n) is 5.51. The molecule has 2 aromatic carbocycles. The Morgan fingerprint density at radius 2 is 1.94 bits per heavy atom. The van der Waals surface area contributed by atoms with Crippen LogP contribution in [0.2, 0.25) is 0 Å². The van der Waals surface area contributed by atoms with Gasteiger partial charge in [0.15, 0.2) is 5.69 Å². The van der Waals surface area contributed by atoms with Gasteiger partial charge in [0.2, 0.25) is 5.91 Å². The molecule has 6 aromatic rings. The minimum absolute atomic E-state index is 0. The Hall–Kier alpha value is -6.05. The number of nitrogens with one attached hydrogen (secondary N) is 2. The van der Waals surface area contributed by atoms with Crippen molar-refractivity contribution in [2.75, 3.05) is 31.3 Å². The Bertz CT molecular complexity index is 2360. The summed E-state index contributed by atoms with van der Waals surface area (Å²) in [6, 6.07) is 13.9. The largest absolute Gasteiger partial charge is 1.00 e. The summed E-state index contributed by atoms with van der Waals surface area (Å²) in [5, 5.41) is 23.8.